The monoisotopic (exact) mass is 740 g/mol. The number of nitrogens with one attached hydrogen (secondary N) is 1. The molecule has 1 aliphatic heterocycles. The second kappa shape index (κ2) is 16.3. The zero-order chi connectivity index (χ0) is 37.6. The smallest absolute Gasteiger partial charge is 0.405 e. The highest BCUT2D eigenvalue weighted by molar-refractivity contribution is 5.97. The van der Waals surface area contributed by atoms with Crippen molar-refractivity contribution in [3.05, 3.63) is 95.1 Å². The maximum Gasteiger partial charge on any atom is 0.405 e. The standard InChI is InChI=1S/C36H36F4N6O7/c1-20(51-36(41)49)31-30(44-33(53-31)23-4-7-27(52-35(39)40)28(16-23)50-19-22-2-3-22)32(47)43-29(25-6-5-24(37)17-26(25)38)34(48)46-14-12-45(13-15-46)18-21-8-10-42-11-9-21/h4-11,16-17,20,22,29,35H,2-3,12-15,18-19H2,1H3,(H2,41,49)(H,43,47). The van der Waals surface area contributed by atoms with Crippen molar-refractivity contribution in [2.75, 3.05) is 32.8 Å². The van der Waals surface area contributed by atoms with Crippen LogP contribution in [0.15, 0.2) is 65.3 Å². The fourth-order valence-electron chi connectivity index (χ4n) is 5.82. The Morgan fingerprint density at radius 3 is 2.40 bits per heavy atom. The zero-order valence-electron chi connectivity index (χ0n) is 28.5. The summed E-state index contributed by atoms with van der Waals surface area (Å²) in [7, 11) is 0. The number of halogens is 4. The summed E-state index contributed by atoms with van der Waals surface area (Å²) in [6, 6.07) is 8.66. The molecule has 2 atom stereocenters. The molecule has 13 nitrogen and oxygen atoms in total. The van der Waals surface area contributed by atoms with Gasteiger partial charge in [0, 0.05) is 62.3 Å². The SMILES string of the molecule is CC(OC(N)=O)c1oc(-c2ccc(OC(F)F)c(OCC3CC3)c2)nc1C(=O)NC(C(=O)N1CCN(Cc2ccncc2)CC1)c1ccc(F)cc1F. The molecule has 3 heterocycles. The van der Waals surface area contributed by atoms with Crippen molar-refractivity contribution in [3.63, 3.8) is 0 Å². The molecular weight excluding hydrogens is 704 g/mol. The van der Waals surface area contributed by atoms with Crippen molar-refractivity contribution in [2.24, 2.45) is 11.7 Å². The predicted molar refractivity (Wildman–Crippen MR) is 179 cm³/mol. The number of aromatic nitrogens is 2. The van der Waals surface area contributed by atoms with E-state index in [2.05, 4.69) is 24.9 Å². The van der Waals surface area contributed by atoms with E-state index in [0.29, 0.717) is 25.7 Å². The van der Waals surface area contributed by atoms with Crippen LogP contribution in [0.4, 0.5) is 22.4 Å². The van der Waals surface area contributed by atoms with E-state index in [0.717, 1.165) is 30.5 Å². The first-order valence-electron chi connectivity index (χ1n) is 16.8. The third-order valence-corrected chi connectivity index (χ3v) is 8.74. The molecule has 3 amide bonds. The minimum absolute atomic E-state index is 0.0276. The van der Waals surface area contributed by atoms with Gasteiger partial charge in [0.25, 0.3) is 5.91 Å². The predicted octanol–water partition coefficient (Wildman–Crippen LogP) is 5.38. The lowest BCUT2D eigenvalue weighted by Crippen LogP contribution is -2.52. The molecule has 2 aromatic carbocycles. The average Bonchev–Trinajstić information content (AvgIpc) is 3.85. The van der Waals surface area contributed by atoms with E-state index in [1.807, 2.05) is 12.1 Å². The summed E-state index contributed by atoms with van der Waals surface area (Å²) in [5.41, 5.74) is 5.68. The highest BCUT2D eigenvalue weighted by Gasteiger charge is 2.35. The van der Waals surface area contributed by atoms with Crippen molar-refractivity contribution < 1.29 is 50.6 Å². The first kappa shape index (κ1) is 37.1. The Balaban J connectivity index is 1.29. The molecule has 0 radical (unpaired) electrons. The van der Waals surface area contributed by atoms with E-state index in [9.17, 15) is 27.6 Å². The second-order valence-electron chi connectivity index (χ2n) is 12.6. The number of oxazole rings is 1. The van der Waals surface area contributed by atoms with Crippen LogP contribution < -0.4 is 20.5 Å². The van der Waals surface area contributed by atoms with Crippen LogP contribution in [0.25, 0.3) is 11.5 Å². The molecule has 1 saturated carbocycles. The molecule has 3 N–H and O–H groups in total. The Hall–Kier alpha value is -5.71. The minimum Gasteiger partial charge on any atom is -0.489 e. The maximum atomic E-state index is 15.3. The number of rotatable bonds is 14. The van der Waals surface area contributed by atoms with Crippen LogP contribution in [-0.4, -0.2) is 77.1 Å². The number of carbonyl (C=O) groups is 3. The van der Waals surface area contributed by atoms with Crippen LogP contribution in [0.3, 0.4) is 0 Å². The number of carbonyl (C=O) groups excluding carboxylic acids is 3. The molecular formula is C36H36F4N6O7. The minimum atomic E-state index is -3.13. The summed E-state index contributed by atoms with van der Waals surface area (Å²) in [5.74, 6) is -4.16. The van der Waals surface area contributed by atoms with Gasteiger partial charge in [-0.1, -0.05) is 6.07 Å². The van der Waals surface area contributed by atoms with Crippen molar-refractivity contribution in [1.82, 2.24) is 25.1 Å². The molecule has 2 fully saturated rings. The Kier molecular flexibility index (Phi) is 11.4. The van der Waals surface area contributed by atoms with Gasteiger partial charge in [0.2, 0.25) is 11.8 Å². The molecule has 2 aromatic heterocycles. The molecule has 1 saturated heterocycles. The third kappa shape index (κ3) is 9.40. The summed E-state index contributed by atoms with van der Waals surface area (Å²) in [4.78, 5) is 51.7. The van der Waals surface area contributed by atoms with Crippen LogP contribution in [0, 0.1) is 17.6 Å². The fraction of sp³-hybridized carbons (Fsp3) is 0.361. The van der Waals surface area contributed by atoms with Crippen LogP contribution >= 0.6 is 0 Å². The quantitative estimate of drug-likeness (QED) is 0.161. The third-order valence-electron chi connectivity index (χ3n) is 8.74. The highest BCUT2D eigenvalue weighted by atomic mass is 19.3. The maximum absolute atomic E-state index is 15.3. The van der Waals surface area contributed by atoms with E-state index in [1.54, 1.807) is 12.4 Å². The van der Waals surface area contributed by atoms with E-state index in [1.165, 1.54) is 30.0 Å². The van der Waals surface area contributed by atoms with Gasteiger partial charge in [-0.25, -0.2) is 18.6 Å². The molecule has 280 valence electrons. The van der Waals surface area contributed by atoms with Crippen LogP contribution in [-0.2, 0) is 16.1 Å². The molecule has 17 heteroatoms. The van der Waals surface area contributed by atoms with Gasteiger partial charge in [-0.05, 0) is 67.6 Å². The van der Waals surface area contributed by atoms with Gasteiger partial charge in [-0.15, -0.1) is 0 Å². The van der Waals surface area contributed by atoms with Gasteiger partial charge < -0.3 is 34.6 Å². The molecule has 2 aliphatic rings. The van der Waals surface area contributed by atoms with Crippen LogP contribution in [0.1, 0.15) is 59.3 Å². The van der Waals surface area contributed by atoms with E-state index >= 15 is 4.39 Å². The van der Waals surface area contributed by atoms with Gasteiger partial charge in [0.1, 0.15) is 17.7 Å². The lowest BCUT2D eigenvalue weighted by molar-refractivity contribution is -0.135. The molecule has 2 unspecified atom stereocenters. The van der Waals surface area contributed by atoms with Crippen molar-refractivity contribution >= 4 is 17.9 Å². The summed E-state index contributed by atoms with van der Waals surface area (Å²) in [5, 5.41) is 2.52. The van der Waals surface area contributed by atoms with Crippen LogP contribution in [0.5, 0.6) is 11.5 Å². The molecule has 0 spiro atoms. The topological polar surface area (TPSA) is 162 Å². The number of nitrogens with two attached hydrogens (primary N) is 1. The lowest BCUT2D eigenvalue weighted by Gasteiger charge is -2.36. The molecule has 1 aliphatic carbocycles. The number of benzene rings is 2. The molecule has 0 bridgehead atoms. The van der Waals surface area contributed by atoms with E-state index < -0.39 is 54.0 Å². The van der Waals surface area contributed by atoms with Crippen LogP contribution in [0.2, 0.25) is 0 Å². The summed E-state index contributed by atoms with van der Waals surface area (Å²) < 4.78 is 76.8. The van der Waals surface area contributed by atoms with E-state index in [4.69, 9.17) is 19.6 Å². The lowest BCUT2D eigenvalue weighted by atomic mass is 10.0. The second-order valence-corrected chi connectivity index (χ2v) is 12.6. The molecule has 6 rings (SSSR count). The number of amides is 3. The molecule has 53 heavy (non-hydrogen) atoms. The summed E-state index contributed by atoms with van der Waals surface area (Å²) in [6.45, 7) is 0.555. The van der Waals surface area contributed by atoms with Gasteiger partial charge in [0.05, 0.1) is 6.61 Å². The van der Waals surface area contributed by atoms with Gasteiger partial charge in [-0.3, -0.25) is 19.5 Å². The van der Waals surface area contributed by atoms with Crippen molar-refractivity contribution in [1.29, 1.82) is 0 Å². The summed E-state index contributed by atoms with van der Waals surface area (Å²) >= 11 is 0. The largest absolute Gasteiger partial charge is 0.489 e. The first-order chi connectivity index (χ1) is 25.4. The zero-order valence-corrected chi connectivity index (χ0v) is 28.5. The highest BCUT2D eigenvalue weighted by Crippen LogP contribution is 2.38. The number of primary amides is 1. The van der Waals surface area contributed by atoms with Gasteiger partial charge in [0.15, 0.2) is 29.1 Å². The van der Waals surface area contributed by atoms with Gasteiger partial charge in [-0.2, -0.15) is 8.78 Å². The average molecular weight is 741 g/mol. The van der Waals surface area contributed by atoms with Gasteiger partial charge >= 0.3 is 12.7 Å². The van der Waals surface area contributed by atoms with Crippen molar-refractivity contribution in [3.8, 4) is 23.0 Å². The number of ether oxygens (including phenoxy) is 3. The summed E-state index contributed by atoms with van der Waals surface area (Å²) in [6.07, 6.45) is 2.75. The van der Waals surface area contributed by atoms with Crippen molar-refractivity contribution in [2.45, 2.75) is 45.1 Å². The Labute approximate surface area is 301 Å². The number of hydrogen-bond acceptors (Lipinski definition) is 10. The number of piperazine rings is 1. The fourth-order valence-corrected chi connectivity index (χ4v) is 5.82. The van der Waals surface area contributed by atoms with E-state index in [-0.39, 0.29) is 59.9 Å². The normalized spacial score (nSPS) is 15.8. The first-order valence-corrected chi connectivity index (χ1v) is 16.8. The molecule has 4 aromatic rings. The Morgan fingerprint density at radius 1 is 1.00 bits per heavy atom. The Bertz CT molecular complexity index is 1940. The Morgan fingerprint density at radius 2 is 1.74 bits per heavy atom. The number of pyridine rings is 1. The number of hydrogen-bond donors (Lipinski definition) is 2. The number of alkyl halides is 2. The number of nitrogens with zero attached hydrogens (tertiary/aromatic N) is 4.